The molecule has 1 unspecified atom stereocenters. The van der Waals surface area contributed by atoms with Gasteiger partial charge in [0.05, 0.1) is 5.69 Å². The van der Waals surface area contributed by atoms with Gasteiger partial charge in [-0.2, -0.15) is 0 Å². The summed E-state index contributed by atoms with van der Waals surface area (Å²) in [6, 6.07) is 7.41. The number of carbonyl (C=O) groups is 1. The molecule has 0 bridgehead atoms. The van der Waals surface area contributed by atoms with Crippen molar-refractivity contribution in [2.24, 2.45) is 0 Å². The SMILES string of the molecule is CNCC(C)Oc1ccccc1NC(C)=O. The summed E-state index contributed by atoms with van der Waals surface area (Å²) in [7, 11) is 1.87. The van der Waals surface area contributed by atoms with Crippen LogP contribution in [0.1, 0.15) is 13.8 Å². The van der Waals surface area contributed by atoms with Gasteiger partial charge in [0.2, 0.25) is 5.91 Å². The van der Waals surface area contributed by atoms with Crippen molar-refractivity contribution in [2.75, 3.05) is 18.9 Å². The third-order valence-corrected chi connectivity index (χ3v) is 2.02. The first-order valence-corrected chi connectivity index (χ1v) is 5.31. The average molecular weight is 222 g/mol. The molecule has 0 saturated carbocycles. The summed E-state index contributed by atoms with van der Waals surface area (Å²) in [5.74, 6) is 0.595. The molecule has 16 heavy (non-hydrogen) atoms. The zero-order valence-corrected chi connectivity index (χ0v) is 9.91. The average Bonchev–Trinajstić information content (AvgIpc) is 2.20. The summed E-state index contributed by atoms with van der Waals surface area (Å²) in [5.41, 5.74) is 0.706. The molecule has 0 fully saturated rings. The topological polar surface area (TPSA) is 50.4 Å². The number of hydrogen-bond acceptors (Lipinski definition) is 3. The summed E-state index contributed by atoms with van der Waals surface area (Å²) in [4.78, 5) is 11.0. The lowest BCUT2D eigenvalue weighted by Crippen LogP contribution is -2.26. The lowest BCUT2D eigenvalue weighted by atomic mass is 10.3. The summed E-state index contributed by atoms with van der Waals surface area (Å²) in [5, 5.41) is 5.77. The van der Waals surface area contributed by atoms with Gasteiger partial charge in [0.15, 0.2) is 0 Å². The van der Waals surface area contributed by atoms with Crippen LogP contribution in [0.3, 0.4) is 0 Å². The minimum Gasteiger partial charge on any atom is -0.487 e. The smallest absolute Gasteiger partial charge is 0.221 e. The number of anilines is 1. The minimum absolute atomic E-state index is 0.0555. The first-order valence-electron chi connectivity index (χ1n) is 5.31. The fraction of sp³-hybridized carbons (Fsp3) is 0.417. The monoisotopic (exact) mass is 222 g/mol. The van der Waals surface area contributed by atoms with E-state index in [1.807, 2.05) is 38.2 Å². The second kappa shape index (κ2) is 6.12. The van der Waals surface area contributed by atoms with E-state index in [4.69, 9.17) is 4.74 Å². The molecule has 88 valence electrons. The molecule has 0 aromatic heterocycles. The number of rotatable bonds is 5. The van der Waals surface area contributed by atoms with E-state index in [0.29, 0.717) is 11.4 Å². The Morgan fingerprint density at radius 2 is 2.12 bits per heavy atom. The van der Waals surface area contributed by atoms with Crippen molar-refractivity contribution in [2.45, 2.75) is 20.0 Å². The van der Waals surface area contributed by atoms with Crippen LogP contribution < -0.4 is 15.4 Å². The number of para-hydroxylation sites is 2. The van der Waals surface area contributed by atoms with Gasteiger partial charge in [-0.3, -0.25) is 4.79 Å². The molecule has 4 nitrogen and oxygen atoms in total. The molecule has 0 radical (unpaired) electrons. The Morgan fingerprint density at radius 1 is 1.44 bits per heavy atom. The molecule has 1 aromatic carbocycles. The van der Waals surface area contributed by atoms with Crippen LogP contribution in [-0.2, 0) is 4.79 Å². The van der Waals surface area contributed by atoms with Crippen LogP contribution in [0.4, 0.5) is 5.69 Å². The molecule has 2 N–H and O–H groups in total. The van der Waals surface area contributed by atoms with Crippen LogP contribution in [0.5, 0.6) is 5.75 Å². The van der Waals surface area contributed by atoms with E-state index in [1.54, 1.807) is 0 Å². The van der Waals surface area contributed by atoms with Gasteiger partial charge in [-0.1, -0.05) is 12.1 Å². The van der Waals surface area contributed by atoms with Gasteiger partial charge in [0.25, 0.3) is 0 Å². The Balaban J connectivity index is 2.74. The van der Waals surface area contributed by atoms with Crippen molar-refractivity contribution in [3.05, 3.63) is 24.3 Å². The van der Waals surface area contributed by atoms with Crippen molar-refractivity contribution >= 4 is 11.6 Å². The van der Waals surface area contributed by atoms with Gasteiger partial charge < -0.3 is 15.4 Å². The van der Waals surface area contributed by atoms with Gasteiger partial charge >= 0.3 is 0 Å². The minimum atomic E-state index is -0.0997. The number of likely N-dealkylation sites (N-methyl/N-ethyl adjacent to an activating group) is 1. The number of hydrogen-bond donors (Lipinski definition) is 2. The van der Waals surface area contributed by atoms with E-state index >= 15 is 0 Å². The molecule has 1 amide bonds. The normalized spacial score (nSPS) is 11.9. The zero-order chi connectivity index (χ0) is 12.0. The molecular formula is C12H18N2O2. The number of ether oxygens (including phenoxy) is 1. The van der Waals surface area contributed by atoms with Crippen molar-refractivity contribution in [3.63, 3.8) is 0 Å². The summed E-state index contributed by atoms with van der Waals surface area (Å²) in [6.07, 6.45) is 0.0555. The van der Waals surface area contributed by atoms with E-state index in [9.17, 15) is 4.79 Å². The predicted molar refractivity (Wildman–Crippen MR) is 64.8 cm³/mol. The fourth-order valence-corrected chi connectivity index (χ4v) is 1.41. The molecule has 4 heteroatoms. The second-order valence-electron chi connectivity index (χ2n) is 3.66. The number of nitrogens with one attached hydrogen (secondary N) is 2. The maximum atomic E-state index is 11.0. The number of benzene rings is 1. The molecule has 0 spiro atoms. The van der Waals surface area contributed by atoms with Crippen molar-refractivity contribution < 1.29 is 9.53 Å². The first kappa shape index (κ1) is 12.5. The highest BCUT2D eigenvalue weighted by Gasteiger charge is 2.07. The largest absolute Gasteiger partial charge is 0.487 e. The molecule has 1 rings (SSSR count). The van der Waals surface area contributed by atoms with E-state index in [-0.39, 0.29) is 12.0 Å². The second-order valence-corrected chi connectivity index (χ2v) is 3.66. The molecule has 1 atom stereocenters. The molecule has 0 saturated heterocycles. The Morgan fingerprint density at radius 3 is 2.75 bits per heavy atom. The maximum absolute atomic E-state index is 11.0. The van der Waals surface area contributed by atoms with Crippen molar-refractivity contribution in [1.29, 1.82) is 0 Å². The Labute approximate surface area is 96.0 Å². The van der Waals surface area contributed by atoms with E-state index in [1.165, 1.54) is 6.92 Å². The quantitative estimate of drug-likeness (QED) is 0.796. The summed E-state index contributed by atoms with van der Waals surface area (Å²) < 4.78 is 5.71. The molecule has 0 aliphatic heterocycles. The van der Waals surface area contributed by atoms with E-state index in [0.717, 1.165) is 6.54 Å². The highest BCUT2D eigenvalue weighted by atomic mass is 16.5. The third kappa shape index (κ3) is 3.90. The Kier molecular flexibility index (Phi) is 4.79. The highest BCUT2D eigenvalue weighted by molar-refractivity contribution is 5.90. The lowest BCUT2D eigenvalue weighted by Gasteiger charge is -2.17. The van der Waals surface area contributed by atoms with Gasteiger partial charge in [0, 0.05) is 13.5 Å². The molecular weight excluding hydrogens is 204 g/mol. The van der Waals surface area contributed by atoms with Crippen LogP contribution in [0.2, 0.25) is 0 Å². The van der Waals surface area contributed by atoms with Crippen LogP contribution >= 0.6 is 0 Å². The third-order valence-electron chi connectivity index (χ3n) is 2.02. The Hall–Kier alpha value is -1.55. The molecule has 0 aliphatic rings. The summed E-state index contributed by atoms with van der Waals surface area (Å²) in [6.45, 7) is 4.21. The Bertz CT molecular complexity index is 353. The standard InChI is InChI=1S/C12H18N2O2/c1-9(8-13-3)16-12-7-5-4-6-11(12)14-10(2)15/h4-7,9,13H,8H2,1-3H3,(H,14,15). The van der Waals surface area contributed by atoms with E-state index in [2.05, 4.69) is 10.6 Å². The first-order chi connectivity index (χ1) is 7.63. The number of amides is 1. The molecule has 1 aromatic rings. The van der Waals surface area contributed by atoms with Gasteiger partial charge in [0.1, 0.15) is 11.9 Å². The van der Waals surface area contributed by atoms with Gasteiger partial charge in [-0.05, 0) is 26.1 Å². The zero-order valence-electron chi connectivity index (χ0n) is 9.91. The van der Waals surface area contributed by atoms with Crippen LogP contribution in [-0.4, -0.2) is 25.6 Å². The van der Waals surface area contributed by atoms with Gasteiger partial charge in [-0.25, -0.2) is 0 Å². The molecule has 0 aliphatic carbocycles. The lowest BCUT2D eigenvalue weighted by molar-refractivity contribution is -0.114. The fourth-order valence-electron chi connectivity index (χ4n) is 1.41. The van der Waals surface area contributed by atoms with Crippen LogP contribution in [0.25, 0.3) is 0 Å². The van der Waals surface area contributed by atoms with Gasteiger partial charge in [-0.15, -0.1) is 0 Å². The van der Waals surface area contributed by atoms with Crippen molar-refractivity contribution in [1.82, 2.24) is 5.32 Å². The van der Waals surface area contributed by atoms with Crippen molar-refractivity contribution in [3.8, 4) is 5.75 Å². The predicted octanol–water partition coefficient (Wildman–Crippen LogP) is 1.63. The van der Waals surface area contributed by atoms with Crippen LogP contribution in [0.15, 0.2) is 24.3 Å². The number of carbonyl (C=O) groups excluding carboxylic acids is 1. The highest BCUT2D eigenvalue weighted by Crippen LogP contribution is 2.24. The maximum Gasteiger partial charge on any atom is 0.221 e. The van der Waals surface area contributed by atoms with Crippen LogP contribution in [0, 0.1) is 0 Å². The molecule has 0 heterocycles. The summed E-state index contributed by atoms with van der Waals surface area (Å²) >= 11 is 0. The van der Waals surface area contributed by atoms with E-state index < -0.39 is 0 Å².